The summed E-state index contributed by atoms with van der Waals surface area (Å²) in [7, 11) is 2.19. The van der Waals surface area contributed by atoms with E-state index < -0.39 is 0 Å². The molecule has 1 fully saturated rings. The summed E-state index contributed by atoms with van der Waals surface area (Å²) < 4.78 is 0. The van der Waals surface area contributed by atoms with Crippen LogP contribution >= 0.6 is 11.3 Å². The van der Waals surface area contributed by atoms with Crippen molar-refractivity contribution in [2.45, 2.75) is 31.8 Å². The number of nitrogens with one attached hydrogen (secondary N) is 1. The molecule has 1 atom stereocenters. The van der Waals surface area contributed by atoms with Crippen molar-refractivity contribution in [1.29, 1.82) is 0 Å². The van der Waals surface area contributed by atoms with Gasteiger partial charge in [0.25, 0.3) is 0 Å². The third-order valence-electron chi connectivity index (χ3n) is 2.96. The van der Waals surface area contributed by atoms with Crippen LogP contribution in [0, 0.1) is 0 Å². The van der Waals surface area contributed by atoms with E-state index in [9.17, 15) is 0 Å². The molecule has 14 heavy (non-hydrogen) atoms. The van der Waals surface area contributed by atoms with Crippen LogP contribution < -0.4 is 10.2 Å². The molecule has 2 nitrogen and oxygen atoms in total. The molecule has 1 aromatic rings. The average Bonchev–Trinajstić information content (AvgIpc) is 2.72. The van der Waals surface area contributed by atoms with Gasteiger partial charge in [-0.1, -0.05) is 0 Å². The molecule has 1 aromatic heterocycles. The van der Waals surface area contributed by atoms with Gasteiger partial charge in [-0.15, -0.1) is 11.3 Å². The van der Waals surface area contributed by atoms with Gasteiger partial charge >= 0.3 is 0 Å². The topological polar surface area (TPSA) is 15.3 Å². The Bertz CT molecular complexity index is 292. The van der Waals surface area contributed by atoms with Crippen LogP contribution in [0.25, 0.3) is 0 Å². The summed E-state index contributed by atoms with van der Waals surface area (Å²) in [4.78, 5) is 2.40. The summed E-state index contributed by atoms with van der Waals surface area (Å²) in [6, 6.07) is 4.95. The molecule has 0 spiro atoms. The molecule has 2 heterocycles. The molecule has 1 aliphatic heterocycles. The summed E-state index contributed by atoms with van der Waals surface area (Å²) in [5, 5.41) is 7.06. The van der Waals surface area contributed by atoms with E-state index >= 15 is 0 Å². The van der Waals surface area contributed by atoms with E-state index in [-0.39, 0.29) is 0 Å². The number of likely N-dealkylation sites (N-methyl/N-ethyl adjacent to an activating group) is 1. The Kier molecular flexibility index (Phi) is 2.54. The fourth-order valence-electron chi connectivity index (χ4n) is 2.05. The van der Waals surface area contributed by atoms with Crippen LogP contribution in [0.3, 0.4) is 0 Å². The van der Waals surface area contributed by atoms with Gasteiger partial charge in [-0.2, -0.15) is 0 Å². The molecule has 1 N–H and O–H groups in total. The van der Waals surface area contributed by atoms with Crippen molar-refractivity contribution in [1.82, 2.24) is 5.32 Å². The van der Waals surface area contributed by atoms with Gasteiger partial charge in [0.2, 0.25) is 0 Å². The van der Waals surface area contributed by atoms with Crippen LogP contribution in [0.15, 0.2) is 17.5 Å². The Balaban J connectivity index is 2.04. The molecule has 1 unspecified atom stereocenters. The minimum absolute atomic E-state index is 0.302. The van der Waals surface area contributed by atoms with Crippen molar-refractivity contribution < 1.29 is 0 Å². The van der Waals surface area contributed by atoms with E-state index in [2.05, 4.69) is 48.6 Å². The van der Waals surface area contributed by atoms with Gasteiger partial charge in [0.05, 0.1) is 5.00 Å². The largest absolute Gasteiger partial charge is 0.362 e. The zero-order valence-electron chi connectivity index (χ0n) is 9.08. The molecule has 0 aliphatic carbocycles. The molecular formula is C11H18N2S. The van der Waals surface area contributed by atoms with Gasteiger partial charge in [-0.3, -0.25) is 0 Å². The van der Waals surface area contributed by atoms with E-state index in [0.29, 0.717) is 11.6 Å². The first-order valence-corrected chi connectivity index (χ1v) is 5.98. The Morgan fingerprint density at radius 3 is 2.86 bits per heavy atom. The summed E-state index contributed by atoms with van der Waals surface area (Å²) in [6.07, 6.45) is 1.22. The van der Waals surface area contributed by atoms with E-state index in [1.807, 2.05) is 11.3 Å². The van der Waals surface area contributed by atoms with Crippen LogP contribution in [0.5, 0.6) is 0 Å². The fraction of sp³-hybridized carbons (Fsp3) is 0.636. The Morgan fingerprint density at radius 1 is 1.57 bits per heavy atom. The first-order chi connectivity index (χ1) is 6.58. The highest BCUT2D eigenvalue weighted by molar-refractivity contribution is 7.14. The number of nitrogens with zero attached hydrogens (tertiary/aromatic N) is 1. The van der Waals surface area contributed by atoms with Crippen molar-refractivity contribution in [2.24, 2.45) is 0 Å². The van der Waals surface area contributed by atoms with Gasteiger partial charge in [0, 0.05) is 25.2 Å². The smallest absolute Gasteiger partial charge is 0.0908 e. The van der Waals surface area contributed by atoms with Gasteiger partial charge in [-0.25, -0.2) is 0 Å². The van der Waals surface area contributed by atoms with Gasteiger partial charge in [-0.05, 0) is 37.8 Å². The fourth-order valence-corrected chi connectivity index (χ4v) is 2.82. The van der Waals surface area contributed by atoms with Gasteiger partial charge in [0.15, 0.2) is 0 Å². The Hall–Kier alpha value is -0.540. The van der Waals surface area contributed by atoms with Crippen LogP contribution in [0.1, 0.15) is 20.3 Å². The zero-order chi connectivity index (χ0) is 10.2. The lowest BCUT2D eigenvalue weighted by Gasteiger charge is -2.25. The van der Waals surface area contributed by atoms with Gasteiger partial charge in [0.1, 0.15) is 0 Å². The molecule has 1 saturated heterocycles. The second-order valence-corrected chi connectivity index (χ2v) is 5.61. The van der Waals surface area contributed by atoms with E-state index in [0.717, 1.165) is 6.54 Å². The maximum Gasteiger partial charge on any atom is 0.0908 e. The molecule has 0 radical (unpaired) electrons. The van der Waals surface area contributed by atoms with E-state index in [4.69, 9.17) is 0 Å². The normalized spacial score (nSPS) is 25.2. The highest BCUT2D eigenvalue weighted by Crippen LogP contribution is 2.28. The third kappa shape index (κ3) is 1.93. The molecule has 0 saturated carbocycles. The first kappa shape index (κ1) is 9.99. The lowest BCUT2D eigenvalue weighted by molar-refractivity contribution is 0.454. The standard InChI is InChI=1S/C11H18N2S/c1-11(2)7-9(8-12-11)13(3)10-5-4-6-14-10/h4-6,9,12H,7-8H2,1-3H3. The molecular weight excluding hydrogens is 192 g/mol. The molecule has 0 bridgehead atoms. The lowest BCUT2D eigenvalue weighted by atomic mass is 10.0. The third-order valence-corrected chi connectivity index (χ3v) is 3.92. The maximum absolute atomic E-state index is 3.55. The second kappa shape index (κ2) is 3.55. The molecule has 78 valence electrons. The van der Waals surface area contributed by atoms with Crippen molar-refractivity contribution in [3.8, 4) is 0 Å². The molecule has 1 aliphatic rings. The Labute approximate surface area is 89.9 Å². The SMILES string of the molecule is CN(c1cccs1)C1CNC(C)(C)C1. The van der Waals surface area contributed by atoms with Crippen molar-refractivity contribution in [3.63, 3.8) is 0 Å². The van der Waals surface area contributed by atoms with Crippen molar-refractivity contribution >= 4 is 16.3 Å². The first-order valence-electron chi connectivity index (χ1n) is 5.10. The minimum Gasteiger partial charge on any atom is -0.362 e. The monoisotopic (exact) mass is 210 g/mol. The predicted octanol–water partition coefficient (Wildman–Crippen LogP) is 2.32. The summed E-state index contributed by atoms with van der Waals surface area (Å²) in [5.74, 6) is 0. The average molecular weight is 210 g/mol. The van der Waals surface area contributed by atoms with Crippen molar-refractivity contribution in [2.75, 3.05) is 18.5 Å². The van der Waals surface area contributed by atoms with Crippen molar-refractivity contribution in [3.05, 3.63) is 17.5 Å². The van der Waals surface area contributed by atoms with E-state index in [1.54, 1.807) is 0 Å². The predicted molar refractivity (Wildman–Crippen MR) is 63.2 cm³/mol. The quantitative estimate of drug-likeness (QED) is 0.806. The number of hydrogen-bond acceptors (Lipinski definition) is 3. The van der Waals surface area contributed by atoms with Crippen LogP contribution in [-0.4, -0.2) is 25.2 Å². The highest BCUT2D eigenvalue weighted by atomic mass is 32.1. The molecule has 0 aromatic carbocycles. The lowest BCUT2D eigenvalue weighted by Crippen LogP contribution is -2.32. The number of rotatable bonds is 2. The van der Waals surface area contributed by atoms with Gasteiger partial charge < -0.3 is 10.2 Å². The van der Waals surface area contributed by atoms with Crippen LogP contribution in [0.2, 0.25) is 0 Å². The number of hydrogen-bond donors (Lipinski definition) is 1. The maximum atomic E-state index is 3.55. The summed E-state index contributed by atoms with van der Waals surface area (Å²) >= 11 is 1.82. The highest BCUT2D eigenvalue weighted by Gasteiger charge is 2.32. The second-order valence-electron chi connectivity index (χ2n) is 4.68. The van der Waals surface area contributed by atoms with E-state index in [1.165, 1.54) is 11.4 Å². The van der Waals surface area contributed by atoms with Crippen LogP contribution in [0.4, 0.5) is 5.00 Å². The molecule has 3 heteroatoms. The number of thiophene rings is 1. The number of anilines is 1. The molecule has 2 rings (SSSR count). The minimum atomic E-state index is 0.302. The zero-order valence-corrected chi connectivity index (χ0v) is 9.90. The summed E-state index contributed by atoms with van der Waals surface area (Å²) in [5.41, 5.74) is 0.302. The molecule has 0 amide bonds. The summed E-state index contributed by atoms with van der Waals surface area (Å²) in [6.45, 7) is 5.64. The van der Waals surface area contributed by atoms with Crippen LogP contribution in [-0.2, 0) is 0 Å². The Morgan fingerprint density at radius 2 is 2.36 bits per heavy atom.